The Balaban J connectivity index is 2.73. The first-order chi connectivity index (χ1) is 7.47. The zero-order valence-corrected chi connectivity index (χ0v) is 11.4. The maximum atomic E-state index is 11.8. The molecule has 0 amide bonds. The molecule has 0 fully saturated rings. The number of rotatable bonds is 4. The van der Waals surface area contributed by atoms with Crippen LogP contribution >= 0.6 is 22.9 Å². The molecule has 3 nitrogen and oxygen atoms in total. The highest BCUT2D eigenvalue weighted by Gasteiger charge is 2.17. The molecule has 88 valence electrons. The number of nitrogens with one attached hydrogen (secondary N) is 1. The van der Waals surface area contributed by atoms with Crippen LogP contribution in [0, 0.1) is 18.8 Å². The van der Waals surface area contributed by atoms with Gasteiger partial charge < -0.3 is 0 Å². The van der Waals surface area contributed by atoms with Crippen LogP contribution in [-0.2, 0) is 10.0 Å². The minimum absolute atomic E-state index is 0.249. The van der Waals surface area contributed by atoms with Crippen LogP contribution in [-0.4, -0.2) is 15.0 Å². The largest absolute Gasteiger partial charge is 0.250 e. The fourth-order valence-corrected chi connectivity index (χ4v) is 3.79. The van der Waals surface area contributed by atoms with Crippen LogP contribution in [0.4, 0.5) is 0 Å². The van der Waals surface area contributed by atoms with Crippen molar-refractivity contribution in [2.24, 2.45) is 0 Å². The van der Waals surface area contributed by atoms with E-state index in [1.54, 1.807) is 19.9 Å². The van der Waals surface area contributed by atoms with Crippen LogP contribution in [0.5, 0.6) is 0 Å². The quantitative estimate of drug-likeness (QED) is 0.679. The van der Waals surface area contributed by atoms with Crippen molar-refractivity contribution in [3.63, 3.8) is 0 Å². The molecule has 0 aliphatic heterocycles. The number of hydrogen-bond donors (Lipinski definition) is 1. The van der Waals surface area contributed by atoms with Crippen LogP contribution in [0.2, 0.25) is 4.34 Å². The first-order valence-corrected chi connectivity index (χ1v) is 7.30. The molecule has 0 aromatic carbocycles. The molecule has 16 heavy (non-hydrogen) atoms. The van der Waals surface area contributed by atoms with Crippen molar-refractivity contribution in [1.82, 2.24) is 4.72 Å². The third kappa shape index (κ3) is 3.49. The molecule has 1 N–H and O–H groups in total. The van der Waals surface area contributed by atoms with Crippen LogP contribution < -0.4 is 4.72 Å². The molecule has 0 unspecified atom stereocenters. The minimum Gasteiger partial charge on any atom is -0.209 e. The Morgan fingerprint density at radius 3 is 2.75 bits per heavy atom. The van der Waals surface area contributed by atoms with Gasteiger partial charge in [0.1, 0.15) is 4.21 Å². The summed E-state index contributed by atoms with van der Waals surface area (Å²) in [4.78, 5) is 0. The molecule has 0 spiro atoms. The highest BCUT2D eigenvalue weighted by atomic mass is 35.5. The number of hydrogen-bond acceptors (Lipinski definition) is 3. The molecule has 1 rings (SSSR count). The van der Waals surface area contributed by atoms with E-state index in [-0.39, 0.29) is 4.21 Å². The molecule has 0 aliphatic rings. The summed E-state index contributed by atoms with van der Waals surface area (Å²) in [7, 11) is -3.43. The van der Waals surface area contributed by atoms with Gasteiger partial charge in [-0.1, -0.05) is 11.6 Å². The number of sulfonamides is 1. The van der Waals surface area contributed by atoms with Gasteiger partial charge in [0.2, 0.25) is 10.0 Å². The molecular formula is C10H12ClNO2S2. The second kappa shape index (κ2) is 5.69. The van der Waals surface area contributed by atoms with Crippen molar-refractivity contribution in [1.29, 1.82) is 0 Å². The molecular weight excluding hydrogens is 266 g/mol. The smallest absolute Gasteiger partial charge is 0.209 e. The summed E-state index contributed by atoms with van der Waals surface area (Å²) >= 11 is 6.89. The van der Waals surface area contributed by atoms with E-state index in [0.717, 1.165) is 16.9 Å². The van der Waals surface area contributed by atoms with Crippen molar-refractivity contribution in [3.05, 3.63) is 16.0 Å². The number of aryl methyl sites for hydroxylation is 1. The molecule has 0 bridgehead atoms. The van der Waals surface area contributed by atoms with Crippen LogP contribution in [0.25, 0.3) is 0 Å². The fourth-order valence-electron chi connectivity index (χ4n) is 1.01. The van der Waals surface area contributed by atoms with Gasteiger partial charge in [0.25, 0.3) is 0 Å². The number of halogens is 1. The van der Waals surface area contributed by atoms with Gasteiger partial charge in [-0.05, 0) is 25.5 Å². The van der Waals surface area contributed by atoms with E-state index in [2.05, 4.69) is 16.6 Å². The molecule has 1 aromatic heterocycles. The van der Waals surface area contributed by atoms with Crippen molar-refractivity contribution >= 4 is 33.0 Å². The molecule has 6 heteroatoms. The van der Waals surface area contributed by atoms with Crippen LogP contribution in [0.15, 0.2) is 10.3 Å². The highest BCUT2D eigenvalue weighted by molar-refractivity contribution is 7.91. The lowest BCUT2D eigenvalue weighted by atomic mass is 10.4. The molecule has 0 radical (unpaired) electrons. The van der Waals surface area contributed by atoms with E-state index in [1.807, 2.05) is 0 Å². The van der Waals surface area contributed by atoms with Crippen molar-refractivity contribution in [2.45, 2.75) is 24.5 Å². The first kappa shape index (κ1) is 13.5. The Morgan fingerprint density at radius 2 is 2.25 bits per heavy atom. The summed E-state index contributed by atoms with van der Waals surface area (Å²) in [5.41, 5.74) is 0.778. The van der Waals surface area contributed by atoms with E-state index >= 15 is 0 Å². The average Bonchev–Trinajstić information content (AvgIpc) is 2.55. The molecule has 1 heterocycles. The van der Waals surface area contributed by atoms with Gasteiger partial charge in [-0.25, -0.2) is 13.1 Å². The van der Waals surface area contributed by atoms with Crippen LogP contribution in [0.3, 0.4) is 0 Å². The second-order valence-electron chi connectivity index (χ2n) is 3.10. The fraction of sp³-hybridized carbons (Fsp3) is 0.400. The summed E-state index contributed by atoms with van der Waals surface area (Å²) in [6, 6.07) is 1.57. The second-order valence-corrected chi connectivity index (χ2v) is 6.74. The summed E-state index contributed by atoms with van der Waals surface area (Å²) in [5.74, 6) is 5.49. The number of thiophene rings is 1. The Bertz CT molecular complexity index is 503. The molecule has 0 saturated carbocycles. The van der Waals surface area contributed by atoms with Gasteiger partial charge in [-0.3, -0.25) is 0 Å². The van der Waals surface area contributed by atoms with Gasteiger partial charge in [0.05, 0.1) is 4.34 Å². The van der Waals surface area contributed by atoms with Crippen molar-refractivity contribution in [3.8, 4) is 11.8 Å². The standard InChI is InChI=1S/C10H12ClNO2S2/c1-3-4-5-6-12-16(13,14)9-7-8(2)10(11)15-9/h7,12H,5-6H2,1-2H3. The summed E-state index contributed by atoms with van der Waals surface area (Å²) in [6.07, 6.45) is 0.508. The Kier molecular flexibility index (Phi) is 4.81. The predicted octanol–water partition coefficient (Wildman–Crippen LogP) is 2.40. The van der Waals surface area contributed by atoms with E-state index in [4.69, 9.17) is 11.6 Å². The predicted molar refractivity (Wildman–Crippen MR) is 67.3 cm³/mol. The molecule has 0 saturated heterocycles. The third-order valence-corrected chi connectivity index (χ3v) is 5.31. The summed E-state index contributed by atoms with van der Waals surface area (Å²) < 4.78 is 26.7. The van der Waals surface area contributed by atoms with Gasteiger partial charge in [-0.2, -0.15) is 0 Å². The lowest BCUT2D eigenvalue weighted by Crippen LogP contribution is -2.23. The van der Waals surface area contributed by atoms with E-state index in [9.17, 15) is 8.42 Å². The summed E-state index contributed by atoms with van der Waals surface area (Å²) in [6.45, 7) is 3.81. The van der Waals surface area contributed by atoms with Crippen molar-refractivity contribution in [2.75, 3.05) is 6.54 Å². The van der Waals surface area contributed by atoms with E-state index in [0.29, 0.717) is 17.3 Å². The minimum atomic E-state index is -3.43. The average molecular weight is 278 g/mol. The maximum absolute atomic E-state index is 11.8. The Labute approximate surface area is 105 Å². The topological polar surface area (TPSA) is 46.2 Å². The first-order valence-electron chi connectivity index (χ1n) is 4.62. The van der Waals surface area contributed by atoms with E-state index < -0.39 is 10.0 Å². The summed E-state index contributed by atoms with van der Waals surface area (Å²) in [5, 5.41) is 0. The zero-order chi connectivity index (χ0) is 12.2. The Hall–Kier alpha value is -0.540. The van der Waals surface area contributed by atoms with Crippen molar-refractivity contribution < 1.29 is 8.42 Å². The maximum Gasteiger partial charge on any atom is 0.250 e. The zero-order valence-electron chi connectivity index (χ0n) is 9.00. The monoisotopic (exact) mass is 277 g/mol. The Morgan fingerprint density at radius 1 is 1.56 bits per heavy atom. The van der Waals surface area contributed by atoms with Gasteiger partial charge in [0, 0.05) is 13.0 Å². The molecule has 0 atom stereocenters. The highest BCUT2D eigenvalue weighted by Crippen LogP contribution is 2.29. The van der Waals surface area contributed by atoms with Gasteiger partial charge >= 0.3 is 0 Å². The van der Waals surface area contributed by atoms with Gasteiger partial charge in [-0.15, -0.1) is 23.2 Å². The molecule has 1 aromatic rings. The SMILES string of the molecule is CC#CCCNS(=O)(=O)c1cc(C)c(Cl)s1. The normalized spacial score (nSPS) is 10.9. The van der Waals surface area contributed by atoms with Gasteiger partial charge in [0.15, 0.2) is 0 Å². The molecule has 0 aliphatic carbocycles. The lowest BCUT2D eigenvalue weighted by molar-refractivity contribution is 0.584. The third-order valence-electron chi connectivity index (χ3n) is 1.82. The van der Waals surface area contributed by atoms with E-state index in [1.165, 1.54) is 0 Å². The van der Waals surface area contributed by atoms with Crippen LogP contribution in [0.1, 0.15) is 18.9 Å². The lowest BCUT2D eigenvalue weighted by Gasteiger charge is -2.01.